The molecule has 0 N–H and O–H groups in total. The Morgan fingerprint density at radius 1 is 0.667 bits per heavy atom. The first kappa shape index (κ1) is 20.4. The van der Waals surface area contributed by atoms with Crippen LogP contribution in [0, 0.1) is 0 Å². The van der Waals surface area contributed by atoms with E-state index in [2.05, 4.69) is 13.2 Å². The van der Waals surface area contributed by atoms with E-state index in [0.717, 1.165) is 0 Å². The molecule has 0 aliphatic carbocycles. The molecule has 2 rings (SSSR count). The topological polar surface area (TPSA) is 71.1 Å². The van der Waals surface area contributed by atoms with E-state index in [1.54, 1.807) is 24.3 Å². The highest BCUT2D eigenvalue weighted by molar-refractivity contribution is 7.91. The largest absolute Gasteiger partial charge is 0.498 e. The molecule has 0 aromatic heterocycles. The highest BCUT2D eigenvalue weighted by atomic mass is 32.2. The predicted octanol–water partition coefficient (Wildman–Crippen LogP) is 3.60. The van der Waals surface area contributed by atoms with Gasteiger partial charge in [0.2, 0.25) is 9.84 Å². The maximum Gasteiger partial charge on any atom is 0.206 e. The molecule has 0 radical (unpaired) electrons. The van der Waals surface area contributed by atoms with E-state index in [1.165, 1.54) is 36.8 Å². The van der Waals surface area contributed by atoms with Gasteiger partial charge in [-0.3, -0.25) is 0 Å². The summed E-state index contributed by atoms with van der Waals surface area (Å²) >= 11 is 0. The maximum absolute atomic E-state index is 12.7. The molecule has 0 atom stereocenters. The molecule has 6 nitrogen and oxygen atoms in total. The zero-order valence-electron chi connectivity index (χ0n) is 14.9. The molecule has 0 saturated heterocycles. The molecule has 0 saturated carbocycles. The van der Waals surface area contributed by atoms with Crippen LogP contribution in [0.25, 0.3) is 0 Å². The molecule has 0 fully saturated rings. The van der Waals surface area contributed by atoms with E-state index >= 15 is 0 Å². The minimum Gasteiger partial charge on any atom is -0.498 e. The van der Waals surface area contributed by atoms with Gasteiger partial charge in [-0.25, -0.2) is 8.42 Å². The van der Waals surface area contributed by atoms with Crippen LogP contribution in [0.2, 0.25) is 0 Å². The summed E-state index contributed by atoms with van der Waals surface area (Å²) in [5.74, 6) is 1.12. The maximum atomic E-state index is 12.7. The molecule has 144 valence electrons. The van der Waals surface area contributed by atoms with Crippen molar-refractivity contribution in [3.05, 3.63) is 74.2 Å². The van der Waals surface area contributed by atoms with Crippen LogP contribution < -0.4 is 9.47 Å². The van der Waals surface area contributed by atoms with Crippen molar-refractivity contribution in [1.82, 2.24) is 0 Å². The predicted molar refractivity (Wildman–Crippen MR) is 102 cm³/mol. The van der Waals surface area contributed by atoms with Crippen molar-refractivity contribution in [2.24, 2.45) is 0 Å². The van der Waals surface area contributed by atoms with Crippen LogP contribution in [0.15, 0.2) is 84.0 Å². The summed E-state index contributed by atoms with van der Waals surface area (Å²) in [6.45, 7) is 8.31. The zero-order valence-corrected chi connectivity index (χ0v) is 15.7. The number of hydrogen-bond acceptors (Lipinski definition) is 6. The third kappa shape index (κ3) is 6.07. The van der Waals surface area contributed by atoms with Gasteiger partial charge in [-0.1, -0.05) is 13.2 Å². The van der Waals surface area contributed by atoms with Gasteiger partial charge in [0.05, 0.1) is 22.3 Å². The third-order valence-electron chi connectivity index (χ3n) is 3.44. The zero-order chi connectivity index (χ0) is 19.5. The average Bonchev–Trinajstić information content (AvgIpc) is 2.69. The second-order valence-corrected chi connectivity index (χ2v) is 7.17. The fourth-order valence-corrected chi connectivity index (χ4v) is 3.41. The molecule has 0 amide bonds. The first-order valence-electron chi connectivity index (χ1n) is 8.24. The van der Waals surface area contributed by atoms with Gasteiger partial charge in [-0.05, 0) is 48.5 Å². The lowest BCUT2D eigenvalue weighted by Crippen LogP contribution is -2.06. The lowest BCUT2D eigenvalue weighted by Gasteiger charge is -2.09. The van der Waals surface area contributed by atoms with E-state index in [0.29, 0.717) is 37.9 Å². The fraction of sp³-hybridized carbons (Fsp3) is 0.200. The summed E-state index contributed by atoms with van der Waals surface area (Å²) in [4.78, 5) is 0.371. The Hall–Kier alpha value is -2.93. The molecule has 0 heterocycles. The Labute approximate surface area is 159 Å². The van der Waals surface area contributed by atoms with Crippen molar-refractivity contribution in [3.8, 4) is 11.5 Å². The Kier molecular flexibility index (Phi) is 7.76. The second kappa shape index (κ2) is 10.3. The number of sulfone groups is 1. The van der Waals surface area contributed by atoms with Crippen LogP contribution in [-0.4, -0.2) is 34.8 Å². The molecular weight excluding hydrogens is 368 g/mol. The Morgan fingerprint density at radius 2 is 1.04 bits per heavy atom. The van der Waals surface area contributed by atoms with Gasteiger partial charge in [-0.2, -0.15) is 0 Å². The van der Waals surface area contributed by atoms with Crippen LogP contribution in [0.3, 0.4) is 0 Å². The third-order valence-corrected chi connectivity index (χ3v) is 5.23. The van der Waals surface area contributed by atoms with E-state index in [1.807, 2.05) is 0 Å². The first-order valence-corrected chi connectivity index (χ1v) is 9.72. The van der Waals surface area contributed by atoms with Gasteiger partial charge in [0.1, 0.15) is 37.9 Å². The quantitative estimate of drug-likeness (QED) is 0.407. The Bertz CT molecular complexity index is 760. The number of ether oxygens (including phenoxy) is 4. The Morgan fingerprint density at radius 3 is 1.37 bits per heavy atom. The van der Waals surface area contributed by atoms with Crippen LogP contribution in [0.4, 0.5) is 0 Å². The molecule has 0 spiro atoms. The summed E-state index contributed by atoms with van der Waals surface area (Å²) in [6.07, 6.45) is 2.68. The van der Waals surface area contributed by atoms with Gasteiger partial charge in [0.15, 0.2) is 0 Å². The van der Waals surface area contributed by atoms with E-state index < -0.39 is 9.84 Å². The summed E-state index contributed by atoms with van der Waals surface area (Å²) in [7, 11) is -3.62. The van der Waals surface area contributed by atoms with Crippen LogP contribution in [0.5, 0.6) is 11.5 Å². The molecule has 2 aromatic rings. The lowest BCUT2D eigenvalue weighted by molar-refractivity contribution is 0.179. The molecule has 0 unspecified atom stereocenters. The normalized spacial score (nSPS) is 10.7. The van der Waals surface area contributed by atoms with Gasteiger partial charge in [-0.15, -0.1) is 0 Å². The molecule has 7 heteroatoms. The first-order chi connectivity index (χ1) is 13.1. The number of hydrogen-bond donors (Lipinski definition) is 0. The van der Waals surface area contributed by atoms with Gasteiger partial charge in [0.25, 0.3) is 0 Å². The second-order valence-electron chi connectivity index (χ2n) is 5.22. The number of benzene rings is 2. The van der Waals surface area contributed by atoms with Crippen LogP contribution in [0.1, 0.15) is 0 Å². The minimum atomic E-state index is -3.62. The standard InChI is InChI=1S/C20H22O6S/c1-3-23-13-15-25-17-5-9-19(10-6-17)27(21,22)20-11-7-18(8-12-20)26-16-14-24-4-2/h3-12H,1-2,13-16H2. The van der Waals surface area contributed by atoms with Crippen molar-refractivity contribution >= 4 is 9.84 Å². The van der Waals surface area contributed by atoms with E-state index in [9.17, 15) is 8.42 Å². The molecule has 0 aliphatic heterocycles. The average molecular weight is 390 g/mol. The van der Waals surface area contributed by atoms with Crippen LogP contribution >= 0.6 is 0 Å². The molecule has 0 bridgehead atoms. The molecule has 2 aromatic carbocycles. The molecular formula is C20H22O6S. The Balaban J connectivity index is 2.00. The van der Waals surface area contributed by atoms with E-state index in [-0.39, 0.29) is 9.79 Å². The summed E-state index contributed by atoms with van der Waals surface area (Å²) < 4.78 is 46.2. The van der Waals surface area contributed by atoms with Gasteiger partial charge in [0, 0.05) is 0 Å². The highest BCUT2D eigenvalue weighted by Gasteiger charge is 2.17. The van der Waals surface area contributed by atoms with Gasteiger partial charge < -0.3 is 18.9 Å². The summed E-state index contributed by atoms with van der Waals surface area (Å²) in [6, 6.07) is 12.5. The lowest BCUT2D eigenvalue weighted by atomic mass is 10.3. The smallest absolute Gasteiger partial charge is 0.206 e. The van der Waals surface area contributed by atoms with Gasteiger partial charge >= 0.3 is 0 Å². The van der Waals surface area contributed by atoms with Crippen molar-refractivity contribution < 1.29 is 27.4 Å². The fourth-order valence-electron chi connectivity index (χ4n) is 2.15. The summed E-state index contributed by atoms with van der Waals surface area (Å²) in [5.41, 5.74) is 0. The van der Waals surface area contributed by atoms with Crippen LogP contribution in [-0.2, 0) is 19.3 Å². The van der Waals surface area contributed by atoms with Crippen molar-refractivity contribution in [1.29, 1.82) is 0 Å². The van der Waals surface area contributed by atoms with Crippen molar-refractivity contribution in [2.45, 2.75) is 9.79 Å². The molecule has 0 aliphatic rings. The van der Waals surface area contributed by atoms with Crippen molar-refractivity contribution in [3.63, 3.8) is 0 Å². The monoisotopic (exact) mass is 390 g/mol. The van der Waals surface area contributed by atoms with Crippen molar-refractivity contribution in [2.75, 3.05) is 26.4 Å². The minimum absolute atomic E-state index is 0.185. The highest BCUT2D eigenvalue weighted by Crippen LogP contribution is 2.24. The number of rotatable bonds is 12. The SMILES string of the molecule is C=COCCOc1ccc(S(=O)(=O)c2ccc(OCCOC=C)cc2)cc1. The van der Waals surface area contributed by atoms with E-state index in [4.69, 9.17) is 18.9 Å². The summed E-state index contributed by atoms with van der Waals surface area (Å²) in [5, 5.41) is 0. The molecule has 27 heavy (non-hydrogen) atoms.